The first-order valence-corrected chi connectivity index (χ1v) is 5.63. The SMILES string of the molecule is CC(=O)[C@@H]1CCC/C1=C(\F)CNC(C)C. The molecule has 0 radical (unpaired) electrons. The number of allylic oxidation sites excluding steroid dienone is 1. The Morgan fingerprint density at radius 1 is 1.60 bits per heavy atom. The number of rotatable bonds is 4. The molecular formula is C12H20FNO. The van der Waals surface area contributed by atoms with Crippen LogP contribution in [0.3, 0.4) is 0 Å². The minimum atomic E-state index is -0.154. The Hall–Kier alpha value is -0.700. The van der Waals surface area contributed by atoms with Crippen molar-refractivity contribution < 1.29 is 9.18 Å². The zero-order chi connectivity index (χ0) is 11.4. The van der Waals surface area contributed by atoms with Gasteiger partial charge >= 0.3 is 0 Å². The molecule has 0 heterocycles. The number of hydrogen-bond acceptors (Lipinski definition) is 2. The summed E-state index contributed by atoms with van der Waals surface area (Å²) in [7, 11) is 0. The van der Waals surface area contributed by atoms with Crippen molar-refractivity contribution in [1.82, 2.24) is 5.32 Å². The summed E-state index contributed by atoms with van der Waals surface area (Å²) in [6.07, 6.45) is 2.50. The first-order valence-electron chi connectivity index (χ1n) is 5.63. The van der Waals surface area contributed by atoms with Gasteiger partial charge < -0.3 is 5.32 Å². The van der Waals surface area contributed by atoms with Gasteiger partial charge in [0.1, 0.15) is 11.6 Å². The highest BCUT2D eigenvalue weighted by Crippen LogP contribution is 2.34. The molecule has 1 atom stereocenters. The van der Waals surface area contributed by atoms with E-state index in [1.54, 1.807) is 6.92 Å². The Morgan fingerprint density at radius 2 is 2.27 bits per heavy atom. The molecule has 15 heavy (non-hydrogen) atoms. The lowest BCUT2D eigenvalue weighted by atomic mass is 9.98. The minimum Gasteiger partial charge on any atom is -0.308 e. The second-order valence-electron chi connectivity index (χ2n) is 4.52. The third-order valence-electron chi connectivity index (χ3n) is 2.86. The summed E-state index contributed by atoms with van der Waals surface area (Å²) in [5.74, 6) is -0.178. The van der Waals surface area contributed by atoms with Crippen LogP contribution >= 0.6 is 0 Å². The van der Waals surface area contributed by atoms with E-state index >= 15 is 0 Å². The van der Waals surface area contributed by atoms with Crippen LogP contribution in [0.4, 0.5) is 4.39 Å². The van der Waals surface area contributed by atoms with Crippen molar-refractivity contribution >= 4 is 5.78 Å². The Balaban J connectivity index is 2.65. The quantitative estimate of drug-likeness (QED) is 0.777. The molecule has 1 fully saturated rings. The van der Waals surface area contributed by atoms with Gasteiger partial charge in [-0.05, 0) is 31.8 Å². The lowest BCUT2D eigenvalue weighted by molar-refractivity contribution is -0.119. The molecule has 86 valence electrons. The van der Waals surface area contributed by atoms with Crippen LogP contribution in [0.15, 0.2) is 11.4 Å². The fourth-order valence-electron chi connectivity index (χ4n) is 2.03. The van der Waals surface area contributed by atoms with Crippen LogP contribution in [-0.2, 0) is 4.79 Å². The third kappa shape index (κ3) is 3.42. The second-order valence-corrected chi connectivity index (χ2v) is 4.52. The van der Waals surface area contributed by atoms with E-state index in [1.165, 1.54) is 0 Å². The molecule has 1 N–H and O–H groups in total. The maximum Gasteiger partial charge on any atom is 0.137 e. The van der Waals surface area contributed by atoms with Crippen LogP contribution in [0.2, 0.25) is 0 Å². The first kappa shape index (κ1) is 12.4. The van der Waals surface area contributed by atoms with Crippen molar-refractivity contribution in [3.05, 3.63) is 11.4 Å². The van der Waals surface area contributed by atoms with E-state index in [1.807, 2.05) is 13.8 Å². The molecule has 0 aromatic carbocycles. The lowest BCUT2D eigenvalue weighted by Gasteiger charge is -2.12. The molecule has 2 nitrogen and oxygen atoms in total. The van der Waals surface area contributed by atoms with E-state index in [9.17, 15) is 9.18 Å². The minimum absolute atomic E-state index is 0.0993. The van der Waals surface area contributed by atoms with Gasteiger partial charge in [0.25, 0.3) is 0 Å². The highest BCUT2D eigenvalue weighted by molar-refractivity contribution is 5.81. The monoisotopic (exact) mass is 213 g/mol. The Labute approximate surface area is 90.9 Å². The fourth-order valence-corrected chi connectivity index (χ4v) is 2.03. The molecule has 1 aliphatic rings. The Kier molecular flexibility index (Phi) is 4.45. The van der Waals surface area contributed by atoms with Gasteiger partial charge in [-0.1, -0.05) is 13.8 Å². The normalized spacial score (nSPS) is 24.7. The maximum atomic E-state index is 13.7. The average Bonchev–Trinajstić information content (AvgIpc) is 2.62. The predicted molar refractivity (Wildman–Crippen MR) is 59.3 cm³/mol. The van der Waals surface area contributed by atoms with Gasteiger partial charge in [-0.15, -0.1) is 0 Å². The van der Waals surface area contributed by atoms with Crippen LogP contribution in [0.5, 0.6) is 0 Å². The summed E-state index contributed by atoms with van der Waals surface area (Å²) in [6.45, 7) is 5.78. The number of halogens is 1. The molecular weight excluding hydrogens is 193 g/mol. The van der Waals surface area contributed by atoms with Crippen molar-refractivity contribution in [2.75, 3.05) is 6.54 Å². The number of ketones is 1. The number of carbonyl (C=O) groups excluding carboxylic acids is 1. The van der Waals surface area contributed by atoms with Gasteiger partial charge in [-0.3, -0.25) is 4.79 Å². The van der Waals surface area contributed by atoms with Gasteiger partial charge in [0.15, 0.2) is 0 Å². The van der Waals surface area contributed by atoms with Crippen molar-refractivity contribution in [1.29, 1.82) is 0 Å². The largest absolute Gasteiger partial charge is 0.308 e. The second kappa shape index (κ2) is 5.40. The van der Waals surface area contributed by atoms with Gasteiger partial charge in [0, 0.05) is 18.5 Å². The lowest BCUT2D eigenvalue weighted by Crippen LogP contribution is -2.25. The van der Waals surface area contributed by atoms with E-state index in [4.69, 9.17) is 0 Å². The topological polar surface area (TPSA) is 29.1 Å². The van der Waals surface area contributed by atoms with Crippen LogP contribution < -0.4 is 5.32 Å². The van der Waals surface area contributed by atoms with E-state index in [2.05, 4.69) is 5.32 Å². The Bertz CT molecular complexity index is 271. The number of nitrogens with one attached hydrogen (secondary N) is 1. The van der Waals surface area contributed by atoms with Crippen LogP contribution in [0.1, 0.15) is 40.0 Å². The van der Waals surface area contributed by atoms with Crippen molar-refractivity contribution in [3.63, 3.8) is 0 Å². The zero-order valence-electron chi connectivity index (χ0n) is 9.77. The molecule has 0 bridgehead atoms. The average molecular weight is 213 g/mol. The van der Waals surface area contributed by atoms with E-state index in [0.29, 0.717) is 0 Å². The van der Waals surface area contributed by atoms with E-state index in [-0.39, 0.29) is 30.1 Å². The molecule has 0 unspecified atom stereocenters. The van der Waals surface area contributed by atoms with Crippen LogP contribution in [-0.4, -0.2) is 18.4 Å². The standard InChI is InChI=1S/C12H20FNO/c1-8(2)14-7-12(13)11-6-4-5-10(11)9(3)15/h8,10,14H,4-7H2,1-3H3/b12-11+/t10-/m0/s1. The Morgan fingerprint density at radius 3 is 2.80 bits per heavy atom. The zero-order valence-corrected chi connectivity index (χ0v) is 9.77. The van der Waals surface area contributed by atoms with Gasteiger partial charge in [-0.2, -0.15) is 0 Å². The van der Waals surface area contributed by atoms with Gasteiger partial charge in [0.2, 0.25) is 0 Å². The third-order valence-corrected chi connectivity index (χ3v) is 2.86. The first-order chi connectivity index (χ1) is 7.02. The smallest absolute Gasteiger partial charge is 0.137 e. The molecule has 0 saturated heterocycles. The molecule has 0 aromatic heterocycles. The highest BCUT2D eigenvalue weighted by atomic mass is 19.1. The highest BCUT2D eigenvalue weighted by Gasteiger charge is 2.27. The fraction of sp³-hybridized carbons (Fsp3) is 0.750. The maximum absolute atomic E-state index is 13.7. The van der Waals surface area contributed by atoms with Crippen LogP contribution in [0, 0.1) is 5.92 Å². The molecule has 0 aromatic rings. The van der Waals surface area contributed by atoms with Crippen molar-refractivity contribution in [3.8, 4) is 0 Å². The van der Waals surface area contributed by atoms with Crippen LogP contribution in [0.25, 0.3) is 0 Å². The summed E-state index contributed by atoms with van der Waals surface area (Å²) >= 11 is 0. The van der Waals surface area contributed by atoms with Crippen molar-refractivity contribution in [2.45, 2.75) is 46.1 Å². The molecule has 0 aliphatic heterocycles. The summed E-state index contributed by atoms with van der Waals surface area (Å²) in [5, 5.41) is 3.04. The number of carbonyl (C=O) groups is 1. The summed E-state index contributed by atoms with van der Waals surface area (Å²) in [6, 6.07) is 0.272. The number of Topliss-reactive ketones (excluding diaryl/α,β-unsaturated/α-hetero) is 1. The molecule has 1 aliphatic carbocycles. The van der Waals surface area contributed by atoms with Gasteiger partial charge in [0.05, 0.1) is 0 Å². The van der Waals surface area contributed by atoms with Crippen molar-refractivity contribution in [2.24, 2.45) is 5.92 Å². The molecule has 3 heteroatoms. The molecule has 0 amide bonds. The van der Waals surface area contributed by atoms with E-state index in [0.717, 1.165) is 24.8 Å². The number of hydrogen-bond donors (Lipinski definition) is 1. The molecule has 0 spiro atoms. The summed E-state index contributed by atoms with van der Waals surface area (Å²) < 4.78 is 13.7. The predicted octanol–water partition coefficient (Wildman–Crippen LogP) is 2.60. The van der Waals surface area contributed by atoms with E-state index < -0.39 is 0 Å². The summed E-state index contributed by atoms with van der Waals surface area (Å²) in [5.41, 5.74) is 0.732. The van der Waals surface area contributed by atoms with Gasteiger partial charge in [-0.25, -0.2) is 4.39 Å². The molecule has 1 rings (SSSR count). The summed E-state index contributed by atoms with van der Waals surface area (Å²) in [4.78, 5) is 11.3. The molecule has 1 saturated carbocycles.